The number of aromatic amines is 1. The minimum absolute atomic E-state index is 0.0360. The number of nitrogens with zero attached hydrogens (tertiary/aromatic N) is 1. The predicted molar refractivity (Wildman–Crippen MR) is 118 cm³/mol. The molecule has 0 radical (unpaired) electrons. The fourth-order valence-electron chi connectivity index (χ4n) is 3.25. The van der Waals surface area contributed by atoms with Gasteiger partial charge < -0.3 is 10.3 Å². The minimum Gasteiger partial charge on any atom is -0.352 e. The Kier molecular flexibility index (Phi) is 4.86. The summed E-state index contributed by atoms with van der Waals surface area (Å²) < 4.78 is -0.0682. The molecular formula is C22H20IN3O. The number of fused-ring (bicyclic) bond motifs is 3. The summed E-state index contributed by atoms with van der Waals surface area (Å²) in [6, 6.07) is 15.7. The van der Waals surface area contributed by atoms with Crippen LogP contribution in [0.4, 0.5) is 0 Å². The van der Waals surface area contributed by atoms with Crippen molar-refractivity contribution < 1.29 is 4.79 Å². The predicted octanol–water partition coefficient (Wildman–Crippen LogP) is 3.26. The monoisotopic (exact) mass is 469 g/mol. The number of amides is 1. The molecule has 0 bridgehead atoms. The summed E-state index contributed by atoms with van der Waals surface area (Å²) in [7, 11) is 0. The lowest BCUT2D eigenvalue weighted by Gasteiger charge is -2.10. The van der Waals surface area contributed by atoms with E-state index in [9.17, 15) is 4.79 Å². The molecule has 2 heterocycles. The number of carbonyl (C=O) groups excluding carboxylic acids is 1. The Morgan fingerprint density at radius 2 is 2.04 bits per heavy atom. The maximum Gasteiger partial charge on any atom is 0.251 e. The first kappa shape index (κ1) is 18.0. The molecule has 136 valence electrons. The van der Waals surface area contributed by atoms with Gasteiger partial charge in [0.25, 0.3) is 5.91 Å². The maximum absolute atomic E-state index is 12.2. The molecule has 0 unspecified atom stereocenters. The number of carbonyl (C=O) groups is 1. The molecule has 0 saturated heterocycles. The van der Waals surface area contributed by atoms with Crippen LogP contribution in [0.2, 0.25) is 0 Å². The Labute approximate surface area is 171 Å². The summed E-state index contributed by atoms with van der Waals surface area (Å²) in [5, 5.41) is 5.30. The number of allylic oxidation sites excluding steroid dienone is 1. The van der Waals surface area contributed by atoms with Gasteiger partial charge in [0.15, 0.2) is 0 Å². The fraction of sp³-hybridized carbons (Fsp3) is 0.182. The molecule has 3 aromatic rings. The van der Waals surface area contributed by atoms with Gasteiger partial charge in [0.05, 0.1) is 3.42 Å². The van der Waals surface area contributed by atoms with Crippen LogP contribution in [0.5, 0.6) is 0 Å². The molecule has 0 fully saturated rings. The first-order valence-electron chi connectivity index (χ1n) is 8.93. The number of hydrogen-bond acceptors (Lipinski definition) is 2. The van der Waals surface area contributed by atoms with Crippen molar-refractivity contribution in [1.82, 2.24) is 10.3 Å². The van der Waals surface area contributed by atoms with Crippen molar-refractivity contribution in [1.29, 1.82) is 0 Å². The zero-order valence-corrected chi connectivity index (χ0v) is 17.2. The van der Waals surface area contributed by atoms with Crippen molar-refractivity contribution in [3.05, 3.63) is 82.6 Å². The number of benzene rings is 2. The molecule has 1 aromatic heterocycles. The van der Waals surface area contributed by atoms with Gasteiger partial charge in [-0.2, -0.15) is 0 Å². The van der Waals surface area contributed by atoms with Crippen LogP contribution in [0.1, 0.15) is 22.8 Å². The fourth-order valence-corrected chi connectivity index (χ4v) is 3.72. The molecule has 5 heteroatoms. The minimum atomic E-state index is -0.0682. The highest BCUT2D eigenvalue weighted by molar-refractivity contribution is 14.1. The van der Waals surface area contributed by atoms with Crippen LogP contribution < -0.4 is 16.0 Å². The number of rotatable bonds is 4. The van der Waals surface area contributed by atoms with Crippen LogP contribution in [0, 0.1) is 0 Å². The van der Waals surface area contributed by atoms with Gasteiger partial charge in [0.1, 0.15) is 5.49 Å². The number of halogens is 1. The van der Waals surface area contributed by atoms with Gasteiger partial charge in [-0.3, -0.25) is 4.79 Å². The van der Waals surface area contributed by atoms with Crippen molar-refractivity contribution in [2.45, 2.75) is 16.8 Å². The zero-order chi connectivity index (χ0) is 18.9. The Hall–Kier alpha value is -2.41. The van der Waals surface area contributed by atoms with E-state index in [1.807, 2.05) is 36.5 Å². The first-order chi connectivity index (χ1) is 13.0. The quantitative estimate of drug-likeness (QED) is 0.448. The van der Waals surface area contributed by atoms with Crippen molar-refractivity contribution in [3.63, 3.8) is 0 Å². The second-order valence-electron chi connectivity index (χ2n) is 6.88. The molecule has 2 aromatic carbocycles. The van der Waals surface area contributed by atoms with Gasteiger partial charge in [-0.15, -0.1) is 0 Å². The molecule has 1 amide bonds. The first-order valence-corrected chi connectivity index (χ1v) is 10.0. The smallest absolute Gasteiger partial charge is 0.251 e. The summed E-state index contributed by atoms with van der Waals surface area (Å²) in [6.07, 6.45) is 6.99. The molecule has 1 aliphatic heterocycles. The van der Waals surface area contributed by atoms with Crippen molar-refractivity contribution in [3.8, 4) is 0 Å². The second-order valence-corrected chi connectivity index (χ2v) is 9.20. The van der Waals surface area contributed by atoms with E-state index < -0.39 is 0 Å². The van der Waals surface area contributed by atoms with E-state index in [1.165, 1.54) is 10.9 Å². The largest absolute Gasteiger partial charge is 0.352 e. The van der Waals surface area contributed by atoms with Gasteiger partial charge in [0.2, 0.25) is 0 Å². The second kappa shape index (κ2) is 7.31. The van der Waals surface area contributed by atoms with Crippen molar-refractivity contribution in [2.24, 2.45) is 4.99 Å². The third-order valence-electron chi connectivity index (χ3n) is 4.65. The van der Waals surface area contributed by atoms with E-state index in [-0.39, 0.29) is 9.33 Å². The highest BCUT2D eigenvalue weighted by Gasteiger charge is 2.15. The van der Waals surface area contributed by atoms with Crippen LogP contribution in [-0.2, 0) is 6.42 Å². The van der Waals surface area contributed by atoms with Gasteiger partial charge in [-0.25, -0.2) is 4.99 Å². The summed E-state index contributed by atoms with van der Waals surface area (Å²) in [4.78, 5) is 20.1. The lowest BCUT2D eigenvalue weighted by Crippen LogP contribution is -2.26. The Morgan fingerprint density at radius 1 is 1.22 bits per heavy atom. The van der Waals surface area contributed by atoms with E-state index in [0.29, 0.717) is 12.1 Å². The SMILES string of the molecule is C[C@]1(I)C=CN=c2[nH]c3ccc(CCNC(=O)c4ccccc4)cc3c2=C1. The van der Waals surface area contributed by atoms with E-state index in [1.54, 1.807) is 0 Å². The molecule has 0 spiro atoms. The molecule has 4 rings (SSSR count). The van der Waals surface area contributed by atoms with Crippen LogP contribution in [0.25, 0.3) is 17.0 Å². The molecule has 2 N–H and O–H groups in total. The standard InChI is InChI=1S/C22H20IN3O/c1-22(23)10-12-24-20-18(14-22)17-13-15(7-8-19(17)26-20)9-11-25-21(27)16-5-3-2-4-6-16/h2-8,10,12-14H,9,11H2,1H3,(H,24,26)(H,25,27)/t22-/m0/s1. The third kappa shape index (κ3) is 3.98. The summed E-state index contributed by atoms with van der Waals surface area (Å²) >= 11 is 2.42. The highest BCUT2D eigenvalue weighted by atomic mass is 127. The molecule has 27 heavy (non-hydrogen) atoms. The lowest BCUT2D eigenvalue weighted by atomic mass is 10.1. The van der Waals surface area contributed by atoms with Gasteiger partial charge in [-0.05, 0) is 49.2 Å². The molecule has 0 saturated carbocycles. The summed E-state index contributed by atoms with van der Waals surface area (Å²) in [5.74, 6) is -0.0360. The maximum atomic E-state index is 12.2. The number of H-pyrrole nitrogens is 1. The van der Waals surface area contributed by atoms with Crippen LogP contribution in [0.15, 0.2) is 65.8 Å². The Morgan fingerprint density at radius 3 is 2.85 bits per heavy atom. The van der Waals surface area contributed by atoms with E-state index in [4.69, 9.17) is 0 Å². The number of hydrogen-bond donors (Lipinski definition) is 2. The van der Waals surface area contributed by atoms with Crippen LogP contribution in [0.3, 0.4) is 0 Å². The normalized spacial score (nSPS) is 18.3. The average Bonchev–Trinajstić information content (AvgIpc) is 2.90. The lowest BCUT2D eigenvalue weighted by molar-refractivity contribution is 0.0954. The Bertz CT molecular complexity index is 1140. The van der Waals surface area contributed by atoms with E-state index in [2.05, 4.69) is 75.2 Å². The van der Waals surface area contributed by atoms with Crippen LogP contribution >= 0.6 is 22.6 Å². The van der Waals surface area contributed by atoms with E-state index in [0.717, 1.165) is 22.6 Å². The number of aromatic nitrogens is 1. The third-order valence-corrected chi connectivity index (χ3v) is 5.32. The highest BCUT2D eigenvalue weighted by Crippen LogP contribution is 2.23. The van der Waals surface area contributed by atoms with Gasteiger partial charge in [-0.1, -0.05) is 52.9 Å². The molecular weight excluding hydrogens is 449 g/mol. The topological polar surface area (TPSA) is 57.2 Å². The number of alkyl halides is 1. The average molecular weight is 469 g/mol. The zero-order valence-electron chi connectivity index (χ0n) is 15.0. The van der Waals surface area contributed by atoms with E-state index >= 15 is 0 Å². The molecule has 4 nitrogen and oxygen atoms in total. The van der Waals surface area contributed by atoms with Crippen molar-refractivity contribution in [2.75, 3.05) is 6.54 Å². The van der Waals surface area contributed by atoms with Crippen molar-refractivity contribution >= 4 is 45.5 Å². The number of nitrogens with one attached hydrogen (secondary N) is 2. The van der Waals surface area contributed by atoms with Gasteiger partial charge >= 0.3 is 0 Å². The molecule has 0 aliphatic carbocycles. The van der Waals surface area contributed by atoms with Gasteiger partial charge in [0, 0.05) is 34.4 Å². The molecule has 1 atom stereocenters. The molecule has 1 aliphatic rings. The summed E-state index contributed by atoms with van der Waals surface area (Å²) in [6.45, 7) is 2.77. The van der Waals surface area contributed by atoms with Crippen LogP contribution in [-0.4, -0.2) is 20.9 Å². The Balaban J connectivity index is 1.55. The summed E-state index contributed by atoms with van der Waals surface area (Å²) in [5.41, 5.74) is 3.86.